The van der Waals surface area contributed by atoms with Crippen molar-refractivity contribution in [3.8, 4) is 0 Å². The quantitative estimate of drug-likeness (QED) is 0.893. The van der Waals surface area contributed by atoms with Crippen molar-refractivity contribution in [2.45, 2.75) is 37.6 Å². The SMILES string of the molecule is Cc1sc(Br)cc1S(=O)(=O)N1CCC[C@@H]([C@@H](C)N)C1. The summed E-state index contributed by atoms with van der Waals surface area (Å²) in [6, 6.07) is 1.73. The first kappa shape index (κ1) is 15.4. The highest BCUT2D eigenvalue weighted by Crippen LogP contribution is 2.33. The zero-order valence-corrected chi connectivity index (χ0v) is 14.3. The van der Waals surface area contributed by atoms with Gasteiger partial charge < -0.3 is 5.73 Å². The molecule has 2 heterocycles. The Morgan fingerprint density at radius 1 is 1.58 bits per heavy atom. The zero-order chi connectivity index (χ0) is 14.2. The van der Waals surface area contributed by atoms with Gasteiger partial charge >= 0.3 is 0 Å². The van der Waals surface area contributed by atoms with Gasteiger partial charge in [0.2, 0.25) is 10.0 Å². The van der Waals surface area contributed by atoms with E-state index in [0.29, 0.717) is 18.0 Å². The number of thiophene rings is 1. The van der Waals surface area contributed by atoms with Crippen molar-refractivity contribution >= 4 is 37.3 Å². The predicted octanol–water partition coefficient (Wildman–Crippen LogP) is 2.57. The number of nitrogens with zero attached hydrogens (tertiary/aromatic N) is 1. The molecule has 0 saturated carbocycles. The Hall–Kier alpha value is 0.0500. The summed E-state index contributed by atoms with van der Waals surface area (Å²) in [5, 5.41) is 0. The monoisotopic (exact) mass is 366 g/mol. The Morgan fingerprint density at radius 2 is 2.26 bits per heavy atom. The summed E-state index contributed by atoms with van der Waals surface area (Å²) in [6.07, 6.45) is 1.89. The lowest BCUT2D eigenvalue weighted by Crippen LogP contribution is -2.44. The summed E-state index contributed by atoms with van der Waals surface area (Å²) in [4.78, 5) is 1.25. The van der Waals surface area contributed by atoms with Gasteiger partial charge in [-0.1, -0.05) is 0 Å². The van der Waals surface area contributed by atoms with E-state index in [4.69, 9.17) is 5.73 Å². The number of halogens is 1. The second kappa shape index (κ2) is 5.81. The fourth-order valence-corrected chi connectivity index (χ4v) is 6.37. The van der Waals surface area contributed by atoms with Crippen molar-refractivity contribution in [2.75, 3.05) is 13.1 Å². The van der Waals surface area contributed by atoms with Gasteiger partial charge in [0, 0.05) is 24.0 Å². The number of aryl methyl sites for hydroxylation is 1. The van der Waals surface area contributed by atoms with Crippen molar-refractivity contribution in [2.24, 2.45) is 11.7 Å². The summed E-state index contributed by atoms with van der Waals surface area (Å²) in [5.74, 6) is 0.255. The molecule has 2 N–H and O–H groups in total. The largest absolute Gasteiger partial charge is 0.328 e. The third-order valence-electron chi connectivity index (χ3n) is 3.62. The number of piperidine rings is 1. The van der Waals surface area contributed by atoms with Crippen molar-refractivity contribution in [1.82, 2.24) is 4.31 Å². The molecule has 1 aliphatic rings. The maximum atomic E-state index is 12.7. The first-order valence-corrected chi connectivity index (χ1v) is 9.39. The van der Waals surface area contributed by atoms with Gasteiger partial charge in [0.05, 0.1) is 8.68 Å². The first-order valence-electron chi connectivity index (χ1n) is 6.34. The lowest BCUT2D eigenvalue weighted by molar-refractivity contribution is 0.243. The highest BCUT2D eigenvalue weighted by atomic mass is 79.9. The molecule has 108 valence electrons. The van der Waals surface area contributed by atoms with Crippen LogP contribution in [0.5, 0.6) is 0 Å². The smallest absolute Gasteiger partial charge is 0.244 e. The Bertz CT molecular complexity index is 554. The van der Waals surface area contributed by atoms with Crippen molar-refractivity contribution in [3.63, 3.8) is 0 Å². The van der Waals surface area contributed by atoms with Crippen LogP contribution in [0.25, 0.3) is 0 Å². The van der Waals surface area contributed by atoms with Crippen molar-refractivity contribution < 1.29 is 8.42 Å². The second-order valence-corrected chi connectivity index (χ2v) is 9.64. The van der Waals surface area contributed by atoms with Crippen molar-refractivity contribution in [1.29, 1.82) is 0 Å². The van der Waals surface area contributed by atoms with E-state index in [1.54, 1.807) is 10.4 Å². The fraction of sp³-hybridized carbons (Fsp3) is 0.667. The number of hydrogen-bond acceptors (Lipinski definition) is 4. The van der Waals surface area contributed by atoms with Gasteiger partial charge in [-0.25, -0.2) is 8.42 Å². The Morgan fingerprint density at radius 3 is 2.79 bits per heavy atom. The molecule has 1 aromatic rings. The van der Waals surface area contributed by atoms with Crippen LogP contribution in [0, 0.1) is 12.8 Å². The third-order valence-corrected chi connectivity index (χ3v) is 7.30. The Labute approximate surface area is 127 Å². The normalized spacial score (nSPS) is 23.5. The molecule has 19 heavy (non-hydrogen) atoms. The molecular formula is C12H19BrN2O2S2. The molecule has 1 fully saturated rings. The highest BCUT2D eigenvalue weighted by Gasteiger charge is 2.33. The van der Waals surface area contributed by atoms with Gasteiger partial charge in [-0.3, -0.25) is 0 Å². The van der Waals surface area contributed by atoms with Crippen LogP contribution in [0.2, 0.25) is 0 Å². The molecule has 1 aliphatic heterocycles. The molecule has 0 unspecified atom stereocenters. The van der Waals surface area contributed by atoms with Crippen LogP contribution in [-0.2, 0) is 10.0 Å². The summed E-state index contributed by atoms with van der Waals surface area (Å²) >= 11 is 4.80. The summed E-state index contributed by atoms with van der Waals surface area (Å²) < 4.78 is 27.8. The lowest BCUT2D eigenvalue weighted by Gasteiger charge is -2.33. The summed E-state index contributed by atoms with van der Waals surface area (Å²) in [6.45, 7) is 4.92. The van der Waals surface area contributed by atoms with E-state index in [9.17, 15) is 8.42 Å². The molecule has 1 saturated heterocycles. The molecule has 0 spiro atoms. The number of hydrogen-bond donors (Lipinski definition) is 1. The van der Waals surface area contributed by atoms with E-state index >= 15 is 0 Å². The molecule has 0 bridgehead atoms. The molecular weight excluding hydrogens is 348 g/mol. The van der Waals surface area contributed by atoms with Gasteiger partial charge in [-0.2, -0.15) is 4.31 Å². The summed E-state index contributed by atoms with van der Waals surface area (Å²) in [7, 11) is -3.38. The van der Waals surface area contributed by atoms with Crippen LogP contribution < -0.4 is 5.73 Å². The molecule has 2 rings (SSSR count). The topological polar surface area (TPSA) is 63.4 Å². The third kappa shape index (κ3) is 3.21. The van der Waals surface area contributed by atoms with E-state index in [1.165, 1.54) is 11.3 Å². The molecule has 2 atom stereocenters. The van der Waals surface area contributed by atoms with Gasteiger partial charge in [-0.05, 0) is 54.6 Å². The van der Waals surface area contributed by atoms with E-state index < -0.39 is 10.0 Å². The average Bonchev–Trinajstić information content (AvgIpc) is 2.69. The van der Waals surface area contributed by atoms with Crippen LogP contribution in [-0.4, -0.2) is 31.9 Å². The highest BCUT2D eigenvalue weighted by molar-refractivity contribution is 9.11. The molecule has 0 amide bonds. The minimum atomic E-state index is -3.38. The van der Waals surface area contributed by atoms with Crippen LogP contribution in [0.3, 0.4) is 0 Å². The van der Waals surface area contributed by atoms with Crippen LogP contribution >= 0.6 is 27.3 Å². The van der Waals surface area contributed by atoms with E-state index in [0.717, 1.165) is 21.5 Å². The lowest BCUT2D eigenvalue weighted by atomic mass is 9.93. The van der Waals surface area contributed by atoms with Crippen LogP contribution in [0.15, 0.2) is 14.7 Å². The van der Waals surface area contributed by atoms with Crippen LogP contribution in [0.4, 0.5) is 0 Å². The summed E-state index contributed by atoms with van der Waals surface area (Å²) in [5.41, 5.74) is 5.92. The van der Waals surface area contributed by atoms with E-state index in [-0.39, 0.29) is 12.0 Å². The molecule has 1 aromatic heterocycles. The van der Waals surface area contributed by atoms with E-state index in [2.05, 4.69) is 15.9 Å². The van der Waals surface area contributed by atoms with Gasteiger partial charge in [-0.15, -0.1) is 11.3 Å². The maximum absolute atomic E-state index is 12.7. The number of rotatable bonds is 3. The Balaban J connectivity index is 2.27. The molecule has 7 heteroatoms. The predicted molar refractivity (Wildman–Crippen MR) is 81.9 cm³/mol. The van der Waals surface area contributed by atoms with Gasteiger partial charge in [0.25, 0.3) is 0 Å². The molecule has 0 aliphatic carbocycles. The maximum Gasteiger partial charge on any atom is 0.244 e. The fourth-order valence-electron chi connectivity index (χ4n) is 2.45. The van der Waals surface area contributed by atoms with Crippen molar-refractivity contribution in [3.05, 3.63) is 14.7 Å². The van der Waals surface area contributed by atoms with Gasteiger partial charge in [0.1, 0.15) is 0 Å². The zero-order valence-electron chi connectivity index (χ0n) is 11.1. The first-order chi connectivity index (χ1) is 8.82. The van der Waals surface area contributed by atoms with Gasteiger partial charge in [0.15, 0.2) is 0 Å². The molecule has 0 aromatic carbocycles. The average molecular weight is 367 g/mol. The van der Waals surface area contributed by atoms with E-state index in [1.807, 2.05) is 13.8 Å². The Kier molecular flexibility index (Phi) is 4.72. The molecule has 4 nitrogen and oxygen atoms in total. The standard InChI is InChI=1S/C12H19BrN2O2S2/c1-8(14)10-4-3-5-15(7-10)19(16,17)11-6-12(13)18-9(11)2/h6,8,10H,3-5,7,14H2,1-2H3/t8-,10-/m1/s1. The number of sulfonamides is 1. The van der Waals surface area contributed by atoms with Crippen LogP contribution in [0.1, 0.15) is 24.6 Å². The molecule has 0 radical (unpaired) electrons. The minimum absolute atomic E-state index is 0.0355. The second-order valence-electron chi connectivity index (χ2n) is 5.10. The minimum Gasteiger partial charge on any atom is -0.328 e. The number of nitrogens with two attached hydrogens (primary N) is 1.